The first-order valence-corrected chi connectivity index (χ1v) is 10.1. The molecule has 1 fully saturated rings. The van der Waals surface area contributed by atoms with Crippen molar-refractivity contribution in [3.63, 3.8) is 0 Å². The van der Waals surface area contributed by atoms with E-state index in [-0.39, 0.29) is 0 Å². The third-order valence-corrected chi connectivity index (χ3v) is 6.14. The Morgan fingerprint density at radius 2 is 2.29 bits per heavy atom. The van der Waals surface area contributed by atoms with E-state index in [0.717, 1.165) is 36.7 Å². The van der Waals surface area contributed by atoms with E-state index >= 15 is 0 Å². The molecule has 0 radical (unpaired) electrons. The topological polar surface area (TPSA) is 59.1 Å². The van der Waals surface area contributed by atoms with E-state index in [9.17, 15) is 8.42 Å². The van der Waals surface area contributed by atoms with Gasteiger partial charge in [-0.2, -0.15) is 0 Å². The Hall–Kier alpha value is -0.460. The summed E-state index contributed by atoms with van der Waals surface area (Å²) in [4.78, 5) is 4.20. The summed E-state index contributed by atoms with van der Waals surface area (Å²) in [6.07, 6.45) is 7.37. The Bertz CT molecular complexity index is 563. The largest absolute Gasteiger partial charge is 0.314 e. The molecule has 0 aliphatic carbocycles. The van der Waals surface area contributed by atoms with Crippen molar-refractivity contribution in [2.75, 3.05) is 18.1 Å². The maximum atomic E-state index is 11.6. The zero-order valence-corrected chi connectivity index (χ0v) is 14.8. The van der Waals surface area contributed by atoms with Gasteiger partial charge >= 0.3 is 0 Å². The number of rotatable bonds is 7. The smallest absolute Gasteiger partial charge is 0.150 e. The van der Waals surface area contributed by atoms with Crippen molar-refractivity contribution >= 4 is 25.8 Å². The van der Waals surface area contributed by atoms with Crippen LogP contribution < -0.4 is 5.32 Å². The molecule has 2 rings (SSSR count). The molecular weight excluding hydrogens is 352 g/mol. The van der Waals surface area contributed by atoms with Gasteiger partial charge in [0.2, 0.25) is 0 Å². The average molecular weight is 375 g/mol. The zero-order valence-electron chi connectivity index (χ0n) is 12.4. The fourth-order valence-electron chi connectivity index (χ4n) is 2.90. The molecule has 1 aliphatic rings. The van der Waals surface area contributed by atoms with Gasteiger partial charge in [-0.3, -0.25) is 4.98 Å². The molecule has 0 bridgehead atoms. The fraction of sp³-hybridized carbons (Fsp3) is 0.667. The van der Waals surface area contributed by atoms with Crippen LogP contribution in [0.2, 0.25) is 0 Å². The van der Waals surface area contributed by atoms with E-state index < -0.39 is 9.84 Å². The van der Waals surface area contributed by atoms with Gasteiger partial charge in [0.15, 0.2) is 9.84 Å². The highest BCUT2D eigenvalue weighted by Gasteiger charge is 2.29. The highest BCUT2D eigenvalue weighted by molar-refractivity contribution is 9.10. The summed E-state index contributed by atoms with van der Waals surface area (Å²) in [5.74, 6) is 1.01. The van der Waals surface area contributed by atoms with Crippen LogP contribution in [0.15, 0.2) is 22.9 Å². The summed E-state index contributed by atoms with van der Waals surface area (Å²) in [6, 6.07) is 2.40. The Labute approximate surface area is 135 Å². The molecule has 2 atom stereocenters. The Morgan fingerprint density at radius 3 is 2.90 bits per heavy atom. The summed E-state index contributed by atoms with van der Waals surface area (Å²) in [6.45, 7) is 3.11. The van der Waals surface area contributed by atoms with Crippen molar-refractivity contribution in [2.24, 2.45) is 5.92 Å². The first-order chi connectivity index (χ1) is 9.98. The van der Waals surface area contributed by atoms with Gasteiger partial charge < -0.3 is 5.32 Å². The summed E-state index contributed by atoms with van der Waals surface area (Å²) >= 11 is 3.45. The number of nitrogens with one attached hydrogen (secondary N) is 1. The minimum atomic E-state index is -2.79. The number of hydrogen-bond donors (Lipinski definition) is 1. The predicted octanol–water partition coefficient (Wildman–Crippen LogP) is 2.58. The Morgan fingerprint density at radius 1 is 1.48 bits per heavy atom. The van der Waals surface area contributed by atoms with Crippen LogP contribution in [0.25, 0.3) is 0 Å². The molecule has 1 aliphatic heterocycles. The molecule has 0 amide bonds. The molecule has 1 aromatic rings. The summed E-state index contributed by atoms with van der Waals surface area (Å²) < 4.78 is 24.2. The molecule has 0 saturated carbocycles. The van der Waals surface area contributed by atoms with E-state index in [0.29, 0.717) is 23.5 Å². The lowest BCUT2D eigenvalue weighted by atomic mass is 9.95. The molecule has 1 N–H and O–H groups in total. The minimum absolute atomic E-state index is 0.296. The molecule has 0 spiro atoms. The lowest BCUT2D eigenvalue weighted by Gasteiger charge is -2.21. The molecule has 6 heteroatoms. The van der Waals surface area contributed by atoms with Crippen LogP contribution in [0.4, 0.5) is 0 Å². The first kappa shape index (κ1) is 16.9. The lowest BCUT2D eigenvalue weighted by molar-refractivity contribution is 0.402. The normalized spacial score (nSPS) is 22.3. The molecule has 4 nitrogen and oxygen atoms in total. The molecule has 0 aromatic carbocycles. The summed E-state index contributed by atoms with van der Waals surface area (Å²) in [5, 5.41) is 3.55. The van der Waals surface area contributed by atoms with Crippen molar-refractivity contribution in [3.8, 4) is 0 Å². The van der Waals surface area contributed by atoms with E-state index in [1.165, 1.54) is 5.56 Å². The van der Waals surface area contributed by atoms with Crippen LogP contribution >= 0.6 is 15.9 Å². The predicted molar refractivity (Wildman–Crippen MR) is 89.1 cm³/mol. The monoisotopic (exact) mass is 374 g/mol. The second kappa shape index (κ2) is 7.70. The van der Waals surface area contributed by atoms with Crippen molar-refractivity contribution < 1.29 is 8.42 Å². The SMILES string of the molecule is CCCNC(Cc1cncc(Br)c1)CC1CCS(=O)(=O)C1. The maximum Gasteiger partial charge on any atom is 0.150 e. The van der Waals surface area contributed by atoms with Gasteiger partial charge in [0.05, 0.1) is 11.5 Å². The van der Waals surface area contributed by atoms with Crippen LogP contribution in [-0.4, -0.2) is 37.5 Å². The Kier molecular flexibility index (Phi) is 6.20. The number of pyridine rings is 1. The molecule has 1 aromatic heterocycles. The number of sulfone groups is 1. The van der Waals surface area contributed by atoms with Crippen LogP contribution in [0.3, 0.4) is 0 Å². The first-order valence-electron chi connectivity index (χ1n) is 7.51. The molecule has 21 heavy (non-hydrogen) atoms. The standard InChI is InChI=1S/C15H23BrN2O2S/c1-2-4-18-15(7-12-3-5-21(19,20)11-12)8-13-6-14(16)10-17-9-13/h6,9-10,12,15,18H,2-5,7-8,11H2,1H3. The van der Waals surface area contributed by atoms with Gasteiger partial charge in [0.1, 0.15) is 0 Å². The fourth-order valence-corrected chi connectivity index (χ4v) is 5.19. The van der Waals surface area contributed by atoms with Gasteiger partial charge in [-0.25, -0.2) is 8.42 Å². The molecule has 2 heterocycles. The highest BCUT2D eigenvalue weighted by atomic mass is 79.9. The van der Waals surface area contributed by atoms with Crippen LogP contribution in [-0.2, 0) is 16.3 Å². The molecular formula is C15H23BrN2O2S. The third kappa shape index (κ3) is 5.68. The quantitative estimate of drug-likeness (QED) is 0.796. The number of halogens is 1. The Balaban J connectivity index is 1.97. The van der Waals surface area contributed by atoms with Gasteiger partial charge in [0, 0.05) is 22.9 Å². The number of hydrogen-bond acceptors (Lipinski definition) is 4. The third-order valence-electron chi connectivity index (χ3n) is 3.87. The van der Waals surface area contributed by atoms with Crippen molar-refractivity contribution in [3.05, 3.63) is 28.5 Å². The van der Waals surface area contributed by atoms with Crippen LogP contribution in [0, 0.1) is 5.92 Å². The number of nitrogens with zero attached hydrogens (tertiary/aromatic N) is 1. The summed E-state index contributed by atoms with van der Waals surface area (Å²) in [5.41, 5.74) is 1.18. The van der Waals surface area contributed by atoms with Crippen molar-refractivity contribution in [1.82, 2.24) is 10.3 Å². The summed E-state index contributed by atoms with van der Waals surface area (Å²) in [7, 11) is -2.79. The van der Waals surface area contributed by atoms with E-state index in [1.54, 1.807) is 6.20 Å². The number of aromatic nitrogens is 1. The van der Waals surface area contributed by atoms with Crippen LogP contribution in [0.5, 0.6) is 0 Å². The van der Waals surface area contributed by atoms with Crippen molar-refractivity contribution in [2.45, 2.75) is 38.6 Å². The van der Waals surface area contributed by atoms with E-state index in [1.807, 2.05) is 6.20 Å². The molecule has 1 saturated heterocycles. The van der Waals surface area contributed by atoms with Gasteiger partial charge in [0.25, 0.3) is 0 Å². The van der Waals surface area contributed by atoms with E-state index in [2.05, 4.69) is 39.2 Å². The lowest BCUT2D eigenvalue weighted by Crippen LogP contribution is -2.34. The van der Waals surface area contributed by atoms with Gasteiger partial charge in [-0.1, -0.05) is 6.92 Å². The average Bonchev–Trinajstić information content (AvgIpc) is 2.75. The van der Waals surface area contributed by atoms with Gasteiger partial charge in [-0.15, -0.1) is 0 Å². The zero-order chi connectivity index (χ0) is 15.3. The van der Waals surface area contributed by atoms with E-state index in [4.69, 9.17) is 0 Å². The van der Waals surface area contributed by atoms with Crippen LogP contribution in [0.1, 0.15) is 31.7 Å². The second-order valence-corrected chi connectivity index (χ2v) is 9.02. The van der Waals surface area contributed by atoms with Crippen molar-refractivity contribution in [1.29, 1.82) is 0 Å². The molecule has 118 valence electrons. The minimum Gasteiger partial charge on any atom is -0.314 e. The highest BCUT2D eigenvalue weighted by Crippen LogP contribution is 2.24. The molecule has 2 unspecified atom stereocenters. The maximum absolute atomic E-state index is 11.6. The second-order valence-electron chi connectivity index (χ2n) is 5.87. The van der Waals surface area contributed by atoms with Gasteiger partial charge in [-0.05, 0) is 65.7 Å².